The van der Waals surface area contributed by atoms with E-state index in [0.29, 0.717) is 23.3 Å². The summed E-state index contributed by atoms with van der Waals surface area (Å²) in [5.41, 5.74) is 3.86. The number of thiophene rings is 1. The predicted octanol–water partition coefficient (Wildman–Crippen LogP) is 3.69. The zero-order chi connectivity index (χ0) is 19.7. The van der Waals surface area contributed by atoms with Gasteiger partial charge in [0.2, 0.25) is 0 Å². The Bertz CT molecular complexity index is 1090. The van der Waals surface area contributed by atoms with Crippen LogP contribution in [0.3, 0.4) is 0 Å². The highest BCUT2D eigenvalue weighted by molar-refractivity contribution is 7.19. The van der Waals surface area contributed by atoms with Crippen molar-refractivity contribution in [2.75, 3.05) is 19.6 Å². The van der Waals surface area contributed by atoms with E-state index >= 15 is 0 Å². The van der Waals surface area contributed by atoms with Gasteiger partial charge in [0.1, 0.15) is 4.83 Å². The number of likely N-dealkylation sites (N-methyl/N-ethyl adjacent to an activating group) is 1. The topological polar surface area (TPSA) is 58.1 Å². The molecular formula is C21H27N3O2S. The third-order valence-electron chi connectivity index (χ3n) is 5.34. The number of aryl methyl sites for hydroxylation is 3. The van der Waals surface area contributed by atoms with Gasteiger partial charge < -0.3 is 4.90 Å². The summed E-state index contributed by atoms with van der Waals surface area (Å²) in [7, 11) is 0. The lowest BCUT2D eigenvalue weighted by molar-refractivity contribution is 0.287. The number of H-pyrrole nitrogens is 1. The van der Waals surface area contributed by atoms with Gasteiger partial charge in [0.25, 0.3) is 5.56 Å². The Morgan fingerprint density at radius 3 is 2.41 bits per heavy atom. The van der Waals surface area contributed by atoms with Crippen LogP contribution in [0.15, 0.2) is 27.8 Å². The van der Waals surface area contributed by atoms with Crippen molar-refractivity contribution in [3.8, 4) is 11.1 Å². The molecule has 2 aromatic heterocycles. The Morgan fingerprint density at radius 2 is 1.78 bits per heavy atom. The largest absolute Gasteiger partial charge is 0.329 e. The maximum absolute atomic E-state index is 13.2. The fourth-order valence-corrected chi connectivity index (χ4v) is 4.52. The summed E-state index contributed by atoms with van der Waals surface area (Å²) in [4.78, 5) is 32.6. The molecule has 0 unspecified atom stereocenters. The second kappa shape index (κ2) is 7.82. The first-order valence-corrected chi connectivity index (χ1v) is 10.2. The van der Waals surface area contributed by atoms with Crippen LogP contribution in [0.5, 0.6) is 0 Å². The van der Waals surface area contributed by atoms with Crippen LogP contribution in [-0.2, 0) is 6.54 Å². The highest BCUT2D eigenvalue weighted by Crippen LogP contribution is 2.35. The van der Waals surface area contributed by atoms with Crippen molar-refractivity contribution in [1.82, 2.24) is 14.5 Å². The molecule has 144 valence electrons. The average molecular weight is 386 g/mol. The van der Waals surface area contributed by atoms with Crippen LogP contribution in [0.4, 0.5) is 0 Å². The van der Waals surface area contributed by atoms with Gasteiger partial charge in [-0.15, -0.1) is 11.3 Å². The van der Waals surface area contributed by atoms with E-state index < -0.39 is 0 Å². The molecule has 6 heteroatoms. The number of fused-ring (bicyclic) bond motifs is 1. The number of nitrogens with zero attached hydrogens (tertiary/aromatic N) is 2. The molecule has 0 saturated carbocycles. The summed E-state index contributed by atoms with van der Waals surface area (Å²) in [5, 5.41) is 0.625. The number of aromatic amines is 1. The maximum Gasteiger partial charge on any atom is 0.329 e. The monoisotopic (exact) mass is 385 g/mol. The van der Waals surface area contributed by atoms with E-state index in [1.54, 1.807) is 0 Å². The Labute approximate surface area is 163 Å². The second-order valence-electron chi connectivity index (χ2n) is 6.95. The molecule has 27 heavy (non-hydrogen) atoms. The van der Waals surface area contributed by atoms with Gasteiger partial charge in [-0.05, 0) is 50.6 Å². The Kier molecular flexibility index (Phi) is 5.67. The van der Waals surface area contributed by atoms with E-state index in [-0.39, 0.29) is 11.2 Å². The van der Waals surface area contributed by atoms with Crippen LogP contribution >= 0.6 is 11.3 Å². The lowest BCUT2D eigenvalue weighted by atomic mass is 9.99. The third-order valence-corrected chi connectivity index (χ3v) is 6.36. The van der Waals surface area contributed by atoms with Gasteiger partial charge in [-0.2, -0.15) is 0 Å². The second-order valence-corrected chi connectivity index (χ2v) is 8.17. The van der Waals surface area contributed by atoms with Crippen molar-refractivity contribution in [2.45, 2.75) is 41.2 Å². The average Bonchev–Trinajstić information content (AvgIpc) is 2.96. The zero-order valence-corrected chi connectivity index (χ0v) is 17.5. The summed E-state index contributed by atoms with van der Waals surface area (Å²) < 4.78 is 1.34. The maximum atomic E-state index is 13.2. The molecule has 5 nitrogen and oxygen atoms in total. The molecule has 0 atom stereocenters. The van der Waals surface area contributed by atoms with Gasteiger partial charge in [0.05, 0.1) is 5.39 Å². The van der Waals surface area contributed by atoms with Crippen LogP contribution in [0.1, 0.15) is 29.9 Å². The molecule has 0 radical (unpaired) electrons. The molecule has 0 bridgehead atoms. The summed E-state index contributed by atoms with van der Waals surface area (Å²) >= 11 is 1.47. The van der Waals surface area contributed by atoms with Crippen molar-refractivity contribution < 1.29 is 0 Å². The van der Waals surface area contributed by atoms with Crippen LogP contribution in [0.25, 0.3) is 21.3 Å². The molecule has 1 aromatic carbocycles. The zero-order valence-electron chi connectivity index (χ0n) is 16.7. The molecule has 0 aliphatic heterocycles. The Balaban J connectivity index is 2.17. The van der Waals surface area contributed by atoms with Gasteiger partial charge in [0, 0.05) is 23.5 Å². The minimum absolute atomic E-state index is 0.196. The van der Waals surface area contributed by atoms with E-state index in [1.807, 2.05) is 6.92 Å². The summed E-state index contributed by atoms with van der Waals surface area (Å²) in [5.74, 6) is 0. The first-order chi connectivity index (χ1) is 12.9. The summed E-state index contributed by atoms with van der Waals surface area (Å²) in [6, 6.07) is 6.26. The van der Waals surface area contributed by atoms with E-state index in [9.17, 15) is 9.59 Å². The first kappa shape index (κ1) is 19.6. The number of hydrogen-bond donors (Lipinski definition) is 1. The molecular weight excluding hydrogens is 358 g/mol. The summed E-state index contributed by atoms with van der Waals surface area (Å²) in [6.07, 6.45) is 0. The fourth-order valence-electron chi connectivity index (χ4n) is 3.46. The Morgan fingerprint density at radius 1 is 1.07 bits per heavy atom. The predicted molar refractivity (Wildman–Crippen MR) is 114 cm³/mol. The molecule has 0 amide bonds. The molecule has 0 spiro atoms. The molecule has 0 aliphatic carbocycles. The molecule has 0 fully saturated rings. The van der Waals surface area contributed by atoms with Crippen LogP contribution in [-0.4, -0.2) is 34.1 Å². The van der Waals surface area contributed by atoms with E-state index in [4.69, 9.17) is 0 Å². The number of nitrogens with one attached hydrogen (secondary N) is 1. The highest BCUT2D eigenvalue weighted by atomic mass is 32.1. The van der Waals surface area contributed by atoms with E-state index in [2.05, 4.69) is 55.8 Å². The van der Waals surface area contributed by atoms with Gasteiger partial charge in [0.15, 0.2) is 0 Å². The molecule has 0 saturated heterocycles. The van der Waals surface area contributed by atoms with Crippen LogP contribution < -0.4 is 11.2 Å². The number of aromatic nitrogens is 2. The third kappa shape index (κ3) is 3.64. The molecule has 3 rings (SSSR count). The van der Waals surface area contributed by atoms with Crippen molar-refractivity contribution in [2.24, 2.45) is 0 Å². The number of benzene rings is 1. The van der Waals surface area contributed by atoms with Crippen molar-refractivity contribution in [3.05, 3.63) is 55.0 Å². The van der Waals surface area contributed by atoms with Crippen LogP contribution in [0, 0.1) is 20.8 Å². The Hall–Kier alpha value is -2.18. The minimum atomic E-state index is -0.326. The molecule has 2 heterocycles. The molecule has 1 N–H and O–H groups in total. The van der Waals surface area contributed by atoms with Crippen molar-refractivity contribution in [1.29, 1.82) is 0 Å². The highest BCUT2D eigenvalue weighted by Gasteiger charge is 2.18. The molecule has 0 aliphatic rings. The van der Waals surface area contributed by atoms with Gasteiger partial charge in [-0.3, -0.25) is 14.3 Å². The standard InChI is InChI=1S/C21H27N3O2S/c1-6-23(7-2)10-11-24-20(25)18-17(15(5)27-19(18)22-21(24)26)16-9-8-13(3)14(4)12-16/h8-9,12H,6-7,10-11H2,1-5H3,(H,22,26). The lowest BCUT2D eigenvalue weighted by Crippen LogP contribution is -2.39. The van der Waals surface area contributed by atoms with Gasteiger partial charge >= 0.3 is 5.69 Å². The first-order valence-electron chi connectivity index (χ1n) is 9.43. The smallest absolute Gasteiger partial charge is 0.302 e. The number of rotatable bonds is 6. The fraction of sp³-hybridized carbons (Fsp3) is 0.429. The lowest BCUT2D eigenvalue weighted by Gasteiger charge is -2.18. The van der Waals surface area contributed by atoms with Gasteiger partial charge in [-0.25, -0.2) is 4.79 Å². The van der Waals surface area contributed by atoms with Crippen molar-refractivity contribution in [3.63, 3.8) is 0 Å². The quantitative estimate of drug-likeness (QED) is 0.704. The number of hydrogen-bond acceptors (Lipinski definition) is 4. The van der Waals surface area contributed by atoms with E-state index in [1.165, 1.54) is 27.0 Å². The van der Waals surface area contributed by atoms with E-state index in [0.717, 1.165) is 29.1 Å². The molecule has 3 aromatic rings. The van der Waals surface area contributed by atoms with Crippen LogP contribution in [0.2, 0.25) is 0 Å². The summed E-state index contributed by atoms with van der Waals surface area (Å²) in [6.45, 7) is 13.2. The minimum Gasteiger partial charge on any atom is -0.302 e. The normalized spacial score (nSPS) is 11.6. The van der Waals surface area contributed by atoms with Gasteiger partial charge in [-0.1, -0.05) is 32.0 Å². The SMILES string of the molecule is CCN(CC)CCn1c(=O)[nH]c2sc(C)c(-c3ccc(C)c(C)c3)c2c1=O. The van der Waals surface area contributed by atoms with Crippen molar-refractivity contribution >= 4 is 21.6 Å².